The first-order valence-electron chi connectivity index (χ1n) is 11.1. The average molecular weight is 443 g/mol. The van der Waals surface area contributed by atoms with Crippen molar-refractivity contribution in [3.63, 3.8) is 0 Å². The maximum atomic E-state index is 8.47. The minimum absolute atomic E-state index is 0.0837. The molecule has 0 atom stereocenters. The molecule has 9 heteroatoms. The zero-order chi connectivity index (χ0) is 22.7. The third-order valence-electron chi connectivity index (χ3n) is 3.57. The number of ether oxygens (including phenoxy) is 7. The fraction of sp³-hybridized carbons (Fsp3) is 1.00. The predicted octanol–water partition coefficient (Wildman–Crippen LogP) is 2.32. The summed E-state index contributed by atoms with van der Waals surface area (Å²) in [5.74, 6) is 0. The molecule has 2 N–H and O–H groups in total. The van der Waals surface area contributed by atoms with Crippen LogP contribution in [0.3, 0.4) is 0 Å². The third-order valence-corrected chi connectivity index (χ3v) is 3.57. The molecular formula is C21H46O9. The summed E-state index contributed by atoms with van der Waals surface area (Å²) in [7, 11) is 0. The molecule has 0 aromatic carbocycles. The summed E-state index contributed by atoms with van der Waals surface area (Å²) in [6.07, 6.45) is 3.24. The van der Waals surface area contributed by atoms with Crippen molar-refractivity contribution in [3.05, 3.63) is 0 Å². The summed E-state index contributed by atoms with van der Waals surface area (Å²) in [5, 5.41) is 16.8. The molecule has 9 nitrogen and oxygen atoms in total. The normalized spacial score (nSPS) is 11.2. The SMILES string of the molecule is CCOC(CCCOCCO)OCC.CCOC(CCCOCCOCO)OCC. The summed E-state index contributed by atoms with van der Waals surface area (Å²) < 4.78 is 36.7. The van der Waals surface area contributed by atoms with Crippen molar-refractivity contribution in [2.24, 2.45) is 0 Å². The lowest BCUT2D eigenvalue weighted by Crippen LogP contribution is -2.18. The van der Waals surface area contributed by atoms with Gasteiger partial charge in [0.15, 0.2) is 12.6 Å². The van der Waals surface area contributed by atoms with Crippen molar-refractivity contribution in [2.75, 3.05) is 72.9 Å². The van der Waals surface area contributed by atoms with E-state index in [1.54, 1.807) is 0 Å². The Bertz CT molecular complexity index is 284. The van der Waals surface area contributed by atoms with Crippen LogP contribution < -0.4 is 0 Å². The fourth-order valence-electron chi connectivity index (χ4n) is 2.33. The fourth-order valence-corrected chi connectivity index (χ4v) is 2.33. The zero-order valence-corrected chi connectivity index (χ0v) is 19.5. The number of aliphatic hydroxyl groups excluding tert-OH is 2. The summed E-state index contributed by atoms with van der Waals surface area (Å²) in [4.78, 5) is 0. The van der Waals surface area contributed by atoms with Gasteiger partial charge in [0.25, 0.3) is 0 Å². The lowest BCUT2D eigenvalue weighted by Gasteiger charge is -2.16. The molecule has 0 aliphatic carbocycles. The zero-order valence-electron chi connectivity index (χ0n) is 19.5. The van der Waals surface area contributed by atoms with Gasteiger partial charge in [0.1, 0.15) is 6.79 Å². The van der Waals surface area contributed by atoms with Gasteiger partial charge in [-0.1, -0.05) is 0 Å². The molecule has 0 amide bonds. The van der Waals surface area contributed by atoms with Gasteiger partial charge in [-0.2, -0.15) is 0 Å². The Hall–Kier alpha value is -0.360. The van der Waals surface area contributed by atoms with Crippen molar-refractivity contribution in [3.8, 4) is 0 Å². The minimum Gasteiger partial charge on any atom is -0.394 e. The minimum atomic E-state index is -0.250. The van der Waals surface area contributed by atoms with E-state index in [0.29, 0.717) is 59.5 Å². The highest BCUT2D eigenvalue weighted by atomic mass is 16.7. The highest BCUT2D eigenvalue weighted by Crippen LogP contribution is 2.05. The van der Waals surface area contributed by atoms with Crippen LogP contribution in [0.25, 0.3) is 0 Å². The van der Waals surface area contributed by atoms with Crippen LogP contribution >= 0.6 is 0 Å². The van der Waals surface area contributed by atoms with Crippen molar-refractivity contribution in [1.29, 1.82) is 0 Å². The number of aliphatic hydroxyl groups is 2. The maximum absolute atomic E-state index is 8.47. The van der Waals surface area contributed by atoms with E-state index >= 15 is 0 Å². The summed E-state index contributed by atoms with van der Waals surface area (Å²) in [6.45, 7) is 13.0. The van der Waals surface area contributed by atoms with Crippen LogP contribution in [0.1, 0.15) is 53.4 Å². The first-order chi connectivity index (χ1) is 14.7. The van der Waals surface area contributed by atoms with Gasteiger partial charge in [-0.3, -0.25) is 0 Å². The molecule has 0 saturated heterocycles. The van der Waals surface area contributed by atoms with E-state index < -0.39 is 0 Å². The number of hydrogen-bond donors (Lipinski definition) is 2. The van der Waals surface area contributed by atoms with Crippen molar-refractivity contribution >= 4 is 0 Å². The average Bonchev–Trinajstić information content (AvgIpc) is 2.74. The van der Waals surface area contributed by atoms with Gasteiger partial charge in [0, 0.05) is 52.5 Å². The largest absolute Gasteiger partial charge is 0.394 e. The molecule has 0 radical (unpaired) electrons. The van der Waals surface area contributed by atoms with E-state index in [0.717, 1.165) is 25.7 Å². The van der Waals surface area contributed by atoms with E-state index in [1.165, 1.54) is 0 Å². The van der Waals surface area contributed by atoms with Crippen LogP contribution in [-0.4, -0.2) is 95.7 Å². The predicted molar refractivity (Wildman–Crippen MR) is 114 cm³/mol. The summed E-state index contributed by atoms with van der Waals surface area (Å²) in [5.41, 5.74) is 0. The van der Waals surface area contributed by atoms with Gasteiger partial charge in [-0.15, -0.1) is 0 Å². The van der Waals surface area contributed by atoms with E-state index in [1.807, 2.05) is 27.7 Å². The Balaban J connectivity index is 0. The van der Waals surface area contributed by atoms with Crippen molar-refractivity contribution in [1.82, 2.24) is 0 Å². The van der Waals surface area contributed by atoms with Crippen molar-refractivity contribution < 1.29 is 43.4 Å². The lowest BCUT2D eigenvalue weighted by molar-refractivity contribution is -0.142. The molecule has 0 fully saturated rings. The molecule has 0 aromatic heterocycles. The van der Waals surface area contributed by atoms with Gasteiger partial charge in [-0.25, -0.2) is 0 Å². The van der Waals surface area contributed by atoms with Crippen LogP contribution in [-0.2, 0) is 33.2 Å². The first kappa shape index (κ1) is 31.8. The molecule has 0 saturated carbocycles. The Kier molecular flexibility index (Phi) is 30.4. The maximum Gasteiger partial charge on any atom is 0.157 e. The number of rotatable bonds is 22. The lowest BCUT2D eigenvalue weighted by atomic mass is 10.3. The van der Waals surface area contributed by atoms with Gasteiger partial charge < -0.3 is 43.4 Å². The molecule has 0 aliphatic rings. The van der Waals surface area contributed by atoms with Crippen molar-refractivity contribution in [2.45, 2.75) is 66.0 Å². The Morgan fingerprint density at radius 2 is 0.933 bits per heavy atom. The molecule has 0 unspecified atom stereocenters. The van der Waals surface area contributed by atoms with E-state index in [4.69, 9.17) is 43.4 Å². The quantitative estimate of drug-likeness (QED) is 0.193. The monoisotopic (exact) mass is 442 g/mol. The topological polar surface area (TPSA) is 105 Å². The highest BCUT2D eigenvalue weighted by Gasteiger charge is 2.07. The van der Waals surface area contributed by atoms with E-state index in [9.17, 15) is 0 Å². The second-order valence-corrected chi connectivity index (χ2v) is 5.95. The molecular weight excluding hydrogens is 396 g/mol. The van der Waals surface area contributed by atoms with Gasteiger partial charge in [0.2, 0.25) is 0 Å². The summed E-state index contributed by atoms with van der Waals surface area (Å²) in [6, 6.07) is 0. The van der Waals surface area contributed by atoms with Crippen LogP contribution in [0.4, 0.5) is 0 Å². The Morgan fingerprint density at radius 1 is 0.533 bits per heavy atom. The molecule has 0 rings (SSSR count). The van der Waals surface area contributed by atoms with E-state index in [2.05, 4.69) is 0 Å². The second kappa shape index (κ2) is 28.6. The van der Waals surface area contributed by atoms with Crippen LogP contribution in [0.5, 0.6) is 0 Å². The molecule has 0 aromatic rings. The molecule has 0 spiro atoms. The molecule has 30 heavy (non-hydrogen) atoms. The smallest absolute Gasteiger partial charge is 0.157 e. The molecule has 184 valence electrons. The third kappa shape index (κ3) is 25.7. The van der Waals surface area contributed by atoms with Crippen LogP contribution in [0.2, 0.25) is 0 Å². The number of hydrogen-bond acceptors (Lipinski definition) is 9. The second-order valence-electron chi connectivity index (χ2n) is 5.95. The van der Waals surface area contributed by atoms with Crippen LogP contribution in [0, 0.1) is 0 Å². The van der Waals surface area contributed by atoms with Gasteiger partial charge in [-0.05, 0) is 40.5 Å². The Labute approximate surface area is 182 Å². The van der Waals surface area contributed by atoms with E-state index in [-0.39, 0.29) is 26.0 Å². The molecule has 0 heterocycles. The van der Waals surface area contributed by atoms with Crippen LogP contribution in [0.15, 0.2) is 0 Å². The van der Waals surface area contributed by atoms with Gasteiger partial charge in [0.05, 0.1) is 26.4 Å². The van der Waals surface area contributed by atoms with Gasteiger partial charge >= 0.3 is 0 Å². The molecule has 0 aliphatic heterocycles. The standard InChI is InChI=1S/C11H24O5.C10H22O4/c1-3-15-11(16-4-2)6-5-7-13-8-9-14-10-12;1-3-13-10(14-4-2)6-5-8-12-9-7-11/h11-12H,3-10H2,1-2H3;10-11H,3-9H2,1-2H3. The first-order valence-corrected chi connectivity index (χ1v) is 11.1. The Morgan fingerprint density at radius 3 is 1.30 bits per heavy atom. The summed E-state index contributed by atoms with van der Waals surface area (Å²) >= 11 is 0. The highest BCUT2D eigenvalue weighted by molar-refractivity contribution is 4.47. The molecule has 0 bridgehead atoms.